The Bertz CT molecular complexity index is 668. The van der Waals surface area contributed by atoms with Gasteiger partial charge in [0.15, 0.2) is 5.78 Å². The van der Waals surface area contributed by atoms with Crippen molar-refractivity contribution < 1.29 is 14.3 Å². The van der Waals surface area contributed by atoms with Gasteiger partial charge >= 0.3 is 5.97 Å². The molecule has 0 aromatic carbocycles. The Labute approximate surface area is 161 Å². The molecule has 3 fully saturated rings. The fourth-order valence-electron chi connectivity index (χ4n) is 7.04. The van der Waals surface area contributed by atoms with E-state index in [2.05, 4.69) is 13.8 Å². The number of carbonyl (C=O) groups excluding carboxylic acids is 2. The first-order chi connectivity index (χ1) is 12.3. The van der Waals surface area contributed by atoms with Crippen LogP contribution in [0.3, 0.4) is 0 Å². The summed E-state index contributed by atoms with van der Waals surface area (Å²) in [5.41, 5.74) is 1.46. The van der Waals surface area contributed by atoms with Crippen molar-refractivity contribution in [2.75, 3.05) is 0 Å². The van der Waals surface area contributed by atoms with Crippen LogP contribution in [0.15, 0.2) is 10.6 Å². The Balaban J connectivity index is 1.62. The van der Waals surface area contributed by atoms with E-state index in [1.807, 2.05) is 6.92 Å². The SMILES string of the molecule is CCC(=O)O[C@H]1CC[C@H]2C3CCC4=C(Cl)C(=O)CC[C@]4(C)[C@H]3CC[C@]12C. The molecule has 26 heavy (non-hydrogen) atoms. The molecule has 0 heterocycles. The number of ketones is 1. The Morgan fingerprint density at radius 1 is 1.12 bits per heavy atom. The topological polar surface area (TPSA) is 43.4 Å². The molecule has 0 amide bonds. The van der Waals surface area contributed by atoms with Gasteiger partial charge in [0, 0.05) is 18.3 Å². The molecule has 0 aliphatic heterocycles. The lowest BCUT2D eigenvalue weighted by molar-refractivity contribution is -0.159. The first-order valence-electron chi connectivity index (χ1n) is 10.4. The molecule has 0 radical (unpaired) electrons. The highest BCUT2D eigenvalue weighted by atomic mass is 35.5. The van der Waals surface area contributed by atoms with E-state index in [1.165, 1.54) is 12.0 Å². The van der Waals surface area contributed by atoms with Gasteiger partial charge in [0.25, 0.3) is 0 Å². The minimum Gasteiger partial charge on any atom is -0.462 e. The second-order valence-electron chi connectivity index (χ2n) is 9.50. The zero-order valence-corrected chi connectivity index (χ0v) is 17.0. The third-order valence-electron chi connectivity index (χ3n) is 8.53. The van der Waals surface area contributed by atoms with Crippen LogP contribution in [-0.4, -0.2) is 17.9 Å². The number of esters is 1. The predicted octanol–water partition coefficient (Wildman–Crippen LogP) is 5.41. The summed E-state index contributed by atoms with van der Waals surface area (Å²) in [7, 11) is 0. The quantitative estimate of drug-likeness (QED) is 0.603. The summed E-state index contributed by atoms with van der Waals surface area (Å²) in [6.45, 7) is 6.59. The van der Waals surface area contributed by atoms with E-state index in [9.17, 15) is 9.59 Å². The first kappa shape index (κ1) is 18.5. The maximum Gasteiger partial charge on any atom is 0.305 e. The number of rotatable bonds is 2. The zero-order valence-electron chi connectivity index (χ0n) is 16.3. The number of carbonyl (C=O) groups is 2. The van der Waals surface area contributed by atoms with E-state index in [0.29, 0.717) is 35.6 Å². The Hall–Kier alpha value is -0.830. The molecule has 144 valence electrons. The molecule has 4 aliphatic rings. The summed E-state index contributed by atoms with van der Waals surface area (Å²) < 4.78 is 5.86. The molecule has 1 unspecified atom stereocenters. The van der Waals surface area contributed by atoms with Crippen LogP contribution in [0.4, 0.5) is 0 Å². The molecule has 6 atom stereocenters. The molecule has 0 N–H and O–H groups in total. The van der Waals surface area contributed by atoms with Crippen molar-refractivity contribution in [2.45, 2.75) is 84.7 Å². The standard InChI is InChI=1S/C22H31ClO3/c1-4-19(25)26-18-8-7-14-13-5-6-16-20(23)17(24)10-12-21(16,2)15(13)9-11-22(14,18)3/h13-15,18H,4-12H2,1-3H3/t13?,14-,15-,18-,21+,22-/m0/s1. The fraction of sp³-hybridized carbons (Fsp3) is 0.818. The molecule has 0 aromatic heterocycles. The van der Waals surface area contributed by atoms with Crippen LogP contribution in [0, 0.1) is 28.6 Å². The van der Waals surface area contributed by atoms with Crippen LogP contribution in [0.5, 0.6) is 0 Å². The summed E-state index contributed by atoms with van der Waals surface area (Å²) in [5, 5.41) is 0.548. The lowest BCUT2D eigenvalue weighted by atomic mass is 9.47. The van der Waals surface area contributed by atoms with Gasteiger partial charge in [-0.05, 0) is 73.7 Å². The summed E-state index contributed by atoms with van der Waals surface area (Å²) in [6.07, 6.45) is 8.66. The third kappa shape index (κ3) is 2.52. The van der Waals surface area contributed by atoms with Gasteiger partial charge in [0.1, 0.15) is 6.10 Å². The Kier molecular flexibility index (Phi) is 4.53. The van der Waals surface area contributed by atoms with Gasteiger partial charge in [-0.15, -0.1) is 0 Å². The van der Waals surface area contributed by atoms with Gasteiger partial charge < -0.3 is 4.74 Å². The highest BCUT2D eigenvalue weighted by Crippen LogP contribution is 2.66. The zero-order chi connectivity index (χ0) is 18.7. The molecule has 0 aromatic rings. The molecule has 0 saturated heterocycles. The average Bonchev–Trinajstić information content (AvgIpc) is 2.95. The molecule has 4 rings (SSSR count). The summed E-state index contributed by atoms with van der Waals surface area (Å²) in [4.78, 5) is 24.0. The van der Waals surface area contributed by atoms with E-state index >= 15 is 0 Å². The van der Waals surface area contributed by atoms with Crippen LogP contribution >= 0.6 is 11.6 Å². The molecule has 3 nitrogen and oxygen atoms in total. The second-order valence-corrected chi connectivity index (χ2v) is 9.88. The number of hydrogen-bond donors (Lipinski definition) is 0. The monoisotopic (exact) mass is 378 g/mol. The molecule has 0 bridgehead atoms. The third-order valence-corrected chi connectivity index (χ3v) is 8.97. The maximum atomic E-state index is 12.1. The van der Waals surface area contributed by atoms with Crippen LogP contribution in [0.2, 0.25) is 0 Å². The van der Waals surface area contributed by atoms with Gasteiger partial charge in [-0.3, -0.25) is 9.59 Å². The predicted molar refractivity (Wildman–Crippen MR) is 102 cm³/mol. The minimum absolute atomic E-state index is 0.0580. The Morgan fingerprint density at radius 3 is 2.62 bits per heavy atom. The number of ether oxygens (including phenoxy) is 1. The average molecular weight is 379 g/mol. The van der Waals surface area contributed by atoms with E-state index < -0.39 is 0 Å². The lowest BCUT2D eigenvalue weighted by Crippen LogP contribution is -2.52. The van der Waals surface area contributed by atoms with Crippen molar-refractivity contribution in [3.8, 4) is 0 Å². The van der Waals surface area contributed by atoms with Crippen LogP contribution in [0.25, 0.3) is 0 Å². The molecular formula is C22H31ClO3. The second kappa shape index (κ2) is 6.36. The number of Topliss-reactive ketones (excluding diaryl/α,β-unsaturated/α-hetero) is 1. The van der Waals surface area contributed by atoms with Crippen molar-refractivity contribution in [3.63, 3.8) is 0 Å². The fourth-order valence-corrected chi connectivity index (χ4v) is 7.44. The smallest absolute Gasteiger partial charge is 0.305 e. The van der Waals surface area contributed by atoms with Crippen molar-refractivity contribution >= 4 is 23.4 Å². The molecule has 4 heteroatoms. The summed E-state index contributed by atoms with van der Waals surface area (Å²) >= 11 is 6.47. The first-order valence-corrected chi connectivity index (χ1v) is 10.8. The van der Waals surface area contributed by atoms with Crippen molar-refractivity contribution in [2.24, 2.45) is 28.6 Å². The number of hydrogen-bond acceptors (Lipinski definition) is 3. The van der Waals surface area contributed by atoms with Gasteiger partial charge in [0.2, 0.25) is 0 Å². The van der Waals surface area contributed by atoms with Crippen LogP contribution in [-0.2, 0) is 14.3 Å². The minimum atomic E-state index is -0.0580. The van der Waals surface area contributed by atoms with Gasteiger partial charge in [0.05, 0.1) is 5.03 Å². The molecule has 0 spiro atoms. The lowest BCUT2D eigenvalue weighted by Gasteiger charge is -2.58. The largest absolute Gasteiger partial charge is 0.462 e. The van der Waals surface area contributed by atoms with E-state index in [0.717, 1.165) is 38.5 Å². The molecule has 4 aliphatic carbocycles. The van der Waals surface area contributed by atoms with Gasteiger partial charge in [-0.1, -0.05) is 32.4 Å². The van der Waals surface area contributed by atoms with Crippen molar-refractivity contribution in [1.82, 2.24) is 0 Å². The number of allylic oxidation sites excluding steroid dienone is 1. The van der Waals surface area contributed by atoms with E-state index in [-0.39, 0.29) is 28.7 Å². The van der Waals surface area contributed by atoms with Gasteiger partial charge in [-0.25, -0.2) is 0 Å². The maximum absolute atomic E-state index is 12.1. The van der Waals surface area contributed by atoms with E-state index in [1.54, 1.807) is 0 Å². The number of fused-ring (bicyclic) bond motifs is 5. The Morgan fingerprint density at radius 2 is 1.88 bits per heavy atom. The summed E-state index contributed by atoms with van der Waals surface area (Å²) in [5.74, 6) is 2.01. The highest BCUT2D eigenvalue weighted by Gasteiger charge is 2.60. The highest BCUT2D eigenvalue weighted by molar-refractivity contribution is 6.43. The van der Waals surface area contributed by atoms with Crippen molar-refractivity contribution in [3.05, 3.63) is 10.6 Å². The van der Waals surface area contributed by atoms with E-state index in [4.69, 9.17) is 16.3 Å². The molecule has 3 saturated carbocycles. The van der Waals surface area contributed by atoms with Crippen LogP contribution in [0.1, 0.15) is 78.6 Å². The van der Waals surface area contributed by atoms with Crippen molar-refractivity contribution in [1.29, 1.82) is 0 Å². The summed E-state index contributed by atoms with van der Waals surface area (Å²) in [6, 6.07) is 0. The van der Waals surface area contributed by atoms with Crippen LogP contribution < -0.4 is 0 Å². The molecular weight excluding hydrogens is 348 g/mol. The normalized spacial score (nSPS) is 45.0. The number of halogens is 1. The van der Waals surface area contributed by atoms with Gasteiger partial charge in [-0.2, -0.15) is 0 Å².